The number of carbonyl (C=O) groups is 12. The van der Waals surface area contributed by atoms with Gasteiger partial charge < -0.3 is 71.2 Å². The normalized spacial score (nSPS) is 16.5. The zero-order chi connectivity index (χ0) is 68.7. The number of imide groups is 1. The zero-order valence-corrected chi connectivity index (χ0v) is 53.4. The molecule has 4 aromatic rings. The SMILES string of the molecule is CC[C@@]1(O)C(=O)OCc2c1cc1n(c2=O)Cc2c-1nc1cc(F)c(C)c3c1c2[C@@H](NC(=O)CCCNC(=O)CNC(=O)[C@H](Cc1ccccc1)NC(=O)CNC(=O)CNC(=O)[C@H](CC(=O)OC(C)(C)C)NC(=O)CCOCCOCCNC(=O)CCN1C(=O)C=CC1=O)CC3. The van der Waals surface area contributed by atoms with Gasteiger partial charge in [-0.05, 0) is 81.7 Å². The second-order valence-corrected chi connectivity index (χ2v) is 24.1. The van der Waals surface area contributed by atoms with Gasteiger partial charge in [0.2, 0.25) is 47.3 Å². The fourth-order valence-electron chi connectivity index (χ4n) is 11.4. The number of pyridine rings is 2. The summed E-state index contributed by atoms with van der Waals surface area (Å²) in [5, 5.41) is 32.7. The molecule has 0 fully saturated rings. The summed E-state index contributed by atoms with van der Waals surface area (Å²) in [5.74, 6) is -8.48. The third-order valence-electron chi connectivity index (χ3n) is 16.2. The van der Waals surface area contributed by atoms with Crippen LogP contribution in [0.2, 0.25) is 0 Å². The quantitative estimate of drug-likeness (QED) is 0.0151. The number of rotatable bonds is 32. The molecule has 4 atom stereocenters. The second-order valence-electron chi connectivity index (χ2n) is 24.1. The number of aliphatic hydroxyl groups is 1. The Morgan fingerprint density at radius 3 is 2.09 bits per heavy atom. The lowest BCUT2D eigenvalue weighted by atomic mass is 9.81. The average molecular weight is 1320 g/mol. The first-order valence-electron chi connectivity index (χ1n) is 31.2. The molecule has 4 aliphatic rings. The van der Waals surface area contributed by atoms with Crippen LogP contribution in [0.4, 0.5) is 4.39 Å². The summed E-state index contributed by atoms with van der Waals surface area (Å²) < 4.78 is 38.3. The van der Waals surface area contributed by atoms with Gasteiger partial charge in [-0.3, -0.25) is 62.4 Å². The Balaban J connectivity index is 0.763. The highest BCUT2D eigenvalue weighted by Crippen LogP contribution is 2.46. The zero-order valence-electron chi connectivity index (χ0n) is 53.4. The molecular weight excluding hydrogens is 1240 g/mol. The third-order valence-corrected chi connectivity index (χ3v) is 16.2. The van der Waals surface area contributed by atoms with Crippen LogP contribution in [0.1, 0.15) is 118 Å². The molecule has 8 rings (SSSR count). The maximum absolute atomic E-state index is 15.5. The highest BCUT2D eigenvalue weighted by Gasteiger charge is 2.46. The Bertz CT molecular complexity index is 3760. The van der Waals surface area contributed by atoms with Crippen LogP contribution in [0.15, 0.2) is 59.4 Å². The predicted octanol–water partition coefficient (Wildman–Crippen LogP) is -0.326. The minimum atomic E-state index is -2.06. The molecule has 30 heteroatoms. The van der Waals surface area contributed by atoms with Gasteiger partial charge in [-0.25, -0.2) is 14.2 Å². The lowest BCUT2D eigenvalue weighted by Crippen LogP contribution is -2.53. The van der Waals surface area contributed by atoms with Crippen LogP contribution in [0.25, 0.3) is 22.3 Å². The van der Waals surface area contributed by atoms with Crippen molar-refractivity contribution in [1.82, 2.24) is 57.0 Å². The van der Waals surface area contributed by atoms with Crippen molar-refractivity contribution < 1.29 is 86.0 Å². The molecule has 2 aromatic carbocycles. The van der Waals surface area contributed by atoms with Crippen molar-refractivity contribution in [3.63, 3.8) is 0 Å². The van der Waals surface area contributed by atoms with Gasteiger partial charge in [-0.2, -0.15) is 0 Å². The van der Waals surface area contributed by atoms with Crippen LogP contribution < -0.4 is 48.1 Å². The fourth-order valence-corrected chi connectivity index (χ4v) is 11.4. The largest absolute Gasteiger partial charge is 0.460 e. The minimum Gasteiger partial charge on any atom is -0.460 e. The number of aryl methyl sites for hydroxylation is 1. The van der Waals surface area contributed by atoms with Gasteiger partial charge in [0.1, 0.15) is 30.1 Å². The maximum atomic E-state index is 15.5. The number of aromatic nitrogens is 2. The van der Waals surface area contributed by atoms with Crippen molar-refractivity contribution in [2.24, 2.45) is 0 Å². The number of benzene rings is 2. The van der Waals surface area contributed by atoms with Crippen LogP contribution in [0.3, 0.4) is 0 Å². The molecule has 0 saturated heterocycles. The number of nitrogens with zero attached hydrogens (tertiary/aromatic N) is 3. The van der Waals surface area contributed by atoms with Crippen LogP contribution >= 0.6 is 0 Å². The molecule has 1 aliphatic carbocycles. The van der Waals surface area contributed by atoms with Crippen molar-refractivity contribution in [1.29, 1.82) is 0 Å². The lowest BCUT2D eigenvalue weighted by Gasteiger charge is -2.31. The Morgan fingerprint density at radius 2 is 1.40 bits per heavy atom. The highest BCUT2D eigenvalue weighted by atomic mass is 19.1. The fraction of sp³-hybridized carbons (Fsp3) is 0.477. The molecule has 9 N–H and O–H groups in total. The second kappa shape index (κ2) is 31.9. The summed E-state index contributed by atoms with van der Waals surface area (Å²) >= 11 is 0. The summed E-state index contributed by atoms with van der Waals surface area (Å²) in [5.41, 5.74) is 0.933. The van der Waals surface area contributed by atoms with E-state index in [1.165, 1.54) is 10.6 Å². The van der Waals surface area contributed by atoms with E-state index in [4.69, 9.17) is 23.9 Å². The smallest absolute Gasteiger partial charge is 0.343 e. The summed E-state index contributed by atoms with van der Waals surface area (Å²) in [7, 11) is 0. The number of nitrogens with one attached hydrogen (secondary N) is 8. The number of amides is 10. The summed E-state index contributed by atoms with van der Waals surface area (Å²) in [6, 6.07) is 8.22. The maximum Gasteiger partial charge on any atom is 0.343 e. The first-order chi connectivity index (χ1) is 45.2. The van der Waals surface area contributed by atoms with E-state index in [1.807, 2.05) is 0 Å². The molecule has 0 saturated carbocycles. The van der Waals surface area contributed by atoms with Gasteiger partial charge >= 0.3 is 11.9 Å². The summed E-state index contributed by atoms with van der Waals surface area (Å²) in [6.07, 6.45) is 2.22. The minimum absolute atomic E-state index is 0.0190. The van der Waals surface area contributed by atoms with Gasteiger partial charge in [0, 0.05) is 80.0 Å². The van der Waals surface area contributed by atoms with Crippen LogP contribution in [0, 0.1) is 12.7 Å². The number of esters is 2. The van der Waals surface area contributed by atoms with Gasteiger partial charge in [0.05, 0.1) is 87.5 Å². The summed E-state index contributed by atoms with van der Waals surface area (Å²) in [4.78, 5) is 173. The molecule has 0 spiro atoms. The number of ether oxygens (including phenoxy) is 4. The van der Waals surface area contributed by atoms with E-state index in [1.54, 1.807) is 71.0 Å². The number of cyclic esters (lactones) is 1. The topological polar surface area (TPSA) is 396 Å². The molecule has 29 nitrogen and oxygen atoms in total. The number of hydrogen-bond donors (Lipinski definition) is 9. The van der Waals surface area contributed by atoms with E-state index in [9.17, 15) is 67.4 Å². The van der Waals surface area contributed by atoms with E-state index in [-0.39, 0.29) is 121 Å². The standard InChI is InChI=1S/C65H78FN11O18/c1-6-65(91)41-28-47-59-39(34-77(47)62(89)40(41)35-94-63(65)90)58-43(15-14-38-36(2)42(66)29-44(75-59)57(38)58)72-49(79)13-10-20-67-51(81)31-70-60(87)45(27-37-11-8-7-9-12-37)74-53(83)33-69-52(82)32-71-61(88)46(30-56(86)95-64(3,4)5)73-50(80)19-23-92-25-26-93-24-21-68-48(78)18-22-76-54(84)16-17-55(76)85/h7-9,11-12,16-17,28-29,43,45-46,91H,6,10,13-15,18-27,30-35H2,1-5H3,(H,67,81)(H,68,78)(H,69,82)(H,70,87)(H,71,88)(H,72,79)(H,73,80)(H,74,83)/t43-,45-,46-,65-/m0/s1. The number of hydrogen-bond acceptors (Lipinski definition) is 19. The van der Waals surface area contributed by atoms with Gasteiger partial charge in [0.25, 0.3) is 17.4 Å². The lowest BCUT2D eigenvalue weighted by molar-refractivity contribution is -0.172. The molecule has 3 aliphatic heterocycles. The predicted molar refractivity (Wildman–Crippen MR) is 334 cm³/mol. The third kappa shape index (κ3) is 18.3. The average Bonchev–Trinajstić information content (AvgIpc) is 1.62. The Morgan fingerprint density at radius 1 is 0.747 bits per heavy atom. The van der Waals surface area contributed by atoms with Crippen molar-refractivity contribution in [2.75, 3.05) is 65.7 Å². The summed E-state index contributed by atoms with van der Waals surface area (Å²) in [6.45, 7) is 6.28. The van der Waals surface area contributed by atoms with Crippen molar-refractivity contribution in [2.45, 2.75) is 135 Å². The molecule has 5 heterocycles. The van der Waals surface area contributed by atoms with Crippen LogP contribution in [-0.2, 0) is 108 Å². The number of carbonyl (C=O) groups excluding carboxylic acids is 12. The molecular formula is C65H78FN11O18. The number of fused-ring (bicyclic) bond motifs is 5. The van der Waals surface area contributed by atoms with Gasteiger partial charge in [-0.1, -0.05) is 37.3 Å². The first kappa shape index (κ1) is 71.0. The van der Waals surface area contributed by atoms with E-state index in [0.717, 1.165) is 22.6 Å². The van der Waals surface area contributed by atoms with Gasteiger partial charge in [0.15, 0.2) is 5.60 Å². The Kier molecular flexibility index (Phi) is 23.8. The molecule has 0 radical (unpaired) electrons. The van der Waals surface area contributed by atoms with E-state index in [0.29, 0.717) is 57.4 Å². The molecule has 95 heavy (non-hydrogen) atoms. The Hall–Kier alpha value is -9.81. The Labute approximate surface area is 544 Å². The highest BCUT2D eigenvalue weighted by molar-refractivity contribution is 6.13. The molecule has 0 bridgehead atoms. The monoisotopic (exact) mass is 1320 g/mol. The van der Waals surface area contributed by atoms with Gasteiger partial charge in [-0.15, -0.1) is 0 Å². The molecule has 2 aromatic heterocycles. The molecule has 508 valence electrons. The van der Waals surface area contributed by atoms with Crippen molar-refractivity contribution in [3.8, 4) is 11.4 Å². The van der Waals surface area contributed by atoms with Crippen molar-refractivity contribution >= 4 is 81.9 Å². The van der Waals surface area contributed by atoms with E-state index >= 15 is 4.39 Å². The van der Waals surface area contributed by atoms with Crippen molar-refractivity contribution in [3.05, 3.63) is 110 Å². The van der Waals surface area contributed by atoms with E-state index < -0.39 is 126 Å². The van der Waals surface area contributed by atoms with Crippen LogP contribution in [0.5, 0.6) is 0 Å². The molecule has 0 unspecified atom stereocenters. The molecule has 10 amide bonds. The first-order valence-corrected chi connectivity index (χ1v) is 31.2. The van der Waals surface area contributed by atoms with Crippen LogP contribution in [-0.4, -0.2) is 174 Å². The van der Waals surface area contributed by atoms with E-state index in [2.05, 4.69) is 42.5 Å². The number of halogens is 1.